The Hall–Kier alpha value is -0.900. The van der Waals surface area contributed by atoms with Crippen LogP contribution in [0.25, 0.3) is 0 Å². The number of hydrogen-bond donors (Lipinski definition) is 2. The first-order valence-electron chi connectivity index (χ1n) is 7.09. The topological polar surface area (TPSA) is 103 Å². The van der Waals surface area contributed by atoms with Crippen LogP contribution < -0.4 is 9.44 Å². The Labute approximate surface area is 124 Å². The van der Waals surface area contributed by atoms with Crippen molar-refractivity contribution in [2.75, 3.05) is 13.2 Å². The van der Waals surface area contributed by atoms with Gasteiger partial charge in [0.25, 0.3) is 0 Å². The summed E-state index contributed by atoms with van der Waals surface area (Å²) in [5, 5.41) is 0. The summed E-state index contributed by atoms with van der Waals surface area (Å²) in [5.74, 6) is -0.536. The van der Waals surface area contributed by atoms with Gasteiger partial charge in [0.05, 0.1) is 19.3 Å². The van der Waals surface area contributed by atoms with E-state index in [0.29, 0.717) is 38.9 Å². The molecule has 0 bridgehead atoms. The molecule has 8 nitrogen and oxygen atoms in total. The van der Waals surface area contributed by atoms with Gasteiger partial charge >= 0.3 is 16.3 Å². The quantitative estimate of drug-likeness (QED) is 0.787. The molecule has 1 heterocycles. The van der Waals surface area contributed by atoms with Crippen LogP contribution in [0, 0.1) is 0 Å². The number of carbonyl (C=O) groups is 1. The van der Waals surface area contributed by atoms with Crippen LogP contribution in [-0.4, -0.2) is 45.7 Å². The fourth-order valence-corrected chi connectivity index (χ4v) is 3.56. The predicted octanol–water partition coefficient (Wildman–Crippen LogP) is 0.641. The van der Waals surface area contributed by atoms with Gasteiger partial charge in [0, 0.05) is 18.9 Å². The molecule has 1 amide bonds. The lowest BCUT2D eigenvalue weighted by Gasteiger charge is -2.35. The zero-order valence-electron chi connectivity index (χ0n) is 12.3. The van der Waals surface area contributed by atoms with E-state index in [1.807, 2.05) is 4.72 Å². The molecule has 0 atom stereocenters. The van der Waals surface area contributed by atoms with Crippen LogP contribution in [-0.2, 0) is 24.4 Å². The molecule has 0 radical (unpaired) electrons. The predicted molar refractivity (Wildman–Crippen MR) is 73.7 cm³/mol. The van der Waals surface area contributed by atoms with Gasteiger partial charge in [0.15, 0.2) is 5.79 Å². The Balaban J connectivity index is 1.80. The lowest BCUT2D eigenvalue weighted by molar-refractivity contribution is -0.178. The van der Waals surface area contributed by atoms with Crippen molar-refractivity contribution in [3.05, 3.63) is 0 Å². The first-order valence-corrected chi connectivity index (χ1v) is 8.57. The number of nitrogens with one attached hydrogen (secondary N) is 2. The molecule has 1 saturated heterocycles. The Morgan fingerprint density at radius 2 is 1.81 bits per heavy atom. The molecule has 2 rings (SSSR count). The minimum absolute atomic E-state index is 0.243. The second-order valence-corrected chi connectivity index (χ2v) is 7.01. The van der Waals surface area contributed by atoms with Crippen molar-refractivity contribution in [2.45, 2.75) is 57.5 Å². The van der Waals surface area contributed by atoms with E-state index in [9.17, 15) is 13.2 Å². The molecule has 0 aromatic carbocycles. The van der Waals surface area contributed by atoms with Crippen molar-refractivity contribution in [2.24, 2.45) is 0 Å². The molecule has 0 aromatic rings. The summed E-state index contributed by atoms with van der Waals surface area (Å²) in [6, 6.07) is -0.243. The van der Waals surface area contributed by atoms with Gasteiger partial charge in [-0.2, -0.15) is 13.1 Å². The van der Waals surface area contributed by atoms with Gasteiger partial charge in [0.1, 0.15) is 0 Å². The Kier molecular flexibility index (Phi) is 5.07. The summed E-state index contributed by atoms with van der Waals surface area (Å²) in [6.45, 7) is 4.45. The summed E-state index contributed by atoms with van der Waals surface area (Å²) in [6.07, 6.45) is 1.10. The third-order valence-corrected chi connectivity index (χ3v) is 4.52. The molecule has 0 unspecified atom stereocenters. The minimum Gasteiger partial charge on any atom is -0.446 e. The normalized spacial score (nSPS) is 22.6. The standard InChI is InChI=1S/C12H22N2O6S/c1-9(2)20-11(15)14-21(16,17)13-10-3-5-12(6-4-10)18-7-8-19-12/h9-10,13H,3-8H2,1-2H3,(H,14,15). The number of ether oxygens (including phenoxy) is 3. The molecule has 122 valence electrons. The third kappa shape index (κ3) is 4.80. The zero-order valence-corrected chi connectivity index (χ0v) is 13.1. The first-order chi connectivity index (χ1) is 9.80. The van der Waals surface area contributed by atoms with E-state index in [-0.39, 0.29) is 12.1 Å². The molecule has 2 N–H and O–H groups in total. The highest BCUT2D eigenvalue weighted by Gasteiger charge is 2.41. The highest BCUT2D eigenvalue weighted by Crippen LogP contribution is 2.35. The van der Waals surface area contributed by atoms with Gasteiger partial charge in [-0.3, -0.25) is 0 Å². The third-order valence-electron chi connectivity index (χ3n) is 3.44. The molecule has 9 heteroatoms. The van der Waals surface area contributed by atoms with Crippen LogP contribution in [0.2, 0.25) is 0 Å². The molecular weight excluding hydrogens is 300 g/mol. The smallest absolute Gasteiger partial charge is 0.422 e. The van der Waals surface area contributed by atoms with Crippen LogP contribution in [0.1, 0.15) is 39.5 Å². The largest absolute Gasteiger partial charge is 0.446 e. The van der Waals surface area contributed by atoms with Crippen LogP contribution in [0.15, 0.2) is 0 Å². The van der Waals surface area contributed by atoms with Crippen molar-refractivity contribution >= 4 is 16.3 Å². The number of amides is 1. The van der Waals surface area contributed by atoms with Crippen LogP contribution in [0.5, 0.6) is 0 Å². The molecule has 1 aliphatic heterocycles. The van der Waals surface area contributed by atoms with Crippen molar-refractivity contribution in [1.82, 2.24) is 9.44 Å². The van der Waals surface area contributed by atoms with Gasteiger partial charge in [-0.25, -0.2) is 9.52 Å². The van der Waals surface area contributed by atoms with E-state index in [1.165, 1.54) is 0 Å². The van der Waals surface area contributed by atoms with Gasteiger partial charge < -0.3 is 14.2 Å². The summed E-state index contributed by atoms with van der Waals surface area (Å²) in [5.41, 5.74) is 0. The Morgan fingerprint density at radius 3 is 2.33 bits per heavy atom. The van der Waals surface area contributed by atoms with Crippen LogP contribution in [0.3, 0.4) is 0 Å². The second-order valence-electron chi connectivity index (χ2n) is 5.56. The van der Waals surface area contributed by atoms with E-state index in [1.54, 1.807) is 13.8 Å². The van der Waals surface area contributed by atoms with Gasteiger partial charge in [-0.05, 0) is 26.7 Å². The lowest BCUT2D eigenvalue weighted by Crippen LogP contribution is -2.49. The van der Waals surface area contributed by atoms with E-state index in [4.69, 9.17) is 14.2 Å². The molecule has 2 aliphatic rings. The van der Waals surface area contributed by atoms with E-state index >= 15 is 0 Å². The SMILES string of the molecule is CC(C)OC(=O)NS(=O)(=O)NC1CCC2(CC1)OCCO2. The van der Waals surface area contributed by atoms with Crippen molar-refractivity contribution in [1.29, 1.82) is 0 Å². The van der Waals surface area contributed by atoms with E-state index in [0.717, 1.165) is 0 Å². The summed E-state index contributed by atoms with van der Waals surface area (Å²) in [4.78, 5) is 11.3. The minimum atomic E-state index is -3.92. The van der Waals surface area contributed by atoms with E-state index in [2.05, 4.69) is 4.72 Å². The molecule has 1 spiro atoms. The molecule has 2 fully saturated rings. The molecule has 0 aromatic heterocycles. The summed E-state index contributed by atoms with van der Waals surface area (Å²) >= 11 is 0. The molecule has 21 heavy (non-hydrogen) atoms. The van der Waals surface area contributed by atoms with E-state index < -0.39 is 22.1 Å². The van der Waals surface area contributed by atoms with Crippen molar-refractivity contribution in [3.63, 3.8) is 0 Å². The lowest BCUT2D eigenvalue weighted by atomic mass is 9.91. The molecular formula is C12H22N2O6S. The van der Waals surface area contributed by atoms with Crippen LogP contribution >= 0.6 is 0 Å². The Morgan fingerprint density at radius 1 is 1.24 bits per heavy atom. The van der Waals surface area contributed by atoms with Crippen molar-refractivity contribution in [3.8, 4) is 0 Å². The number of rotatable bonds is 4. The maximum atomic E-state index is 11.8. The highest BCUT2D eigenvalue weighted by atomic mass is 32.2. The average molecular weight is 322 g/mol. The maximum Gasteiger partial charge on any atom is 0.422 e. The monoisotopic (exact) mass is 322 g/mol. The van der Waals surface area contributed by atoms with Gasteiger partial charge in [0.2, 0.25) is 0 Å². The van der Waals surface area contributed by atoms with Crippen LogP contribution in [0.4, 0.5) is 4.79 Å². The highest BCUT2D eigenvalue weighted by molar-refractivity contribution is 7.88. The fourth-order valence-electron chi connectivity index (χ4n) is 2.56. The van der Waals surface area contributed by atoms with Gasteiger partial charge in [-0.15, -0.1) is 0 Å². The Bertz CT molecular complexity index is 462. The second kappa shape index (κ2) is 6.47. The fraction of sp³-hybridized carbons (Fsp3) is 0.917. The number of hydrogen-bond acceptors (Lipinski definition) is 6. The molecule has 1 aliphatic carbocycles. The molecule has 1 saturated carbocycles. The zero-order chi connectivity index (χ0) is 15.5. The van der Waals surface area contributed by atoms with Gasteiger partial charge in [-0.1, -0.05) is 0 Å². The number of carbonyl (C=O) groups excluding carboxylic acids is 1. The first kappa shape index (κ1) is 16.5. The summed E-state index contributed by atoms with van der Waals surface area (Å²) < 4.78 is 43.8. The maximum absolute atomic E-state index is 11.8. The average Bonchev–Trinajstić information content (AvgIpc) is 2.79. The summed E-state index contributed by atoms with van der Waals surface area (Å²) in [7, 11) is -3.92. The van der Waals surface area contributed by atoms with Crippen molar-refractivity contribution < 1.29 is 27.4 Å².